The van der Waals surface area contributed by atoms with Gasteiger partial charge in [0, 0.05) is 22.3 Å². The third kappa shape index (κ3) is 4.34. The van der Waals surface area contributed by atoms with Crippen molar-refractivity contribution in [2.45, 2.75) is 4.90 Å². The van der Waals surface area contributed by atoms with Crippen molar-refractivity contribution >= 4 is 40.5 Å². The van der Waals surface area contributed by atoms with Crippen LogP contribution in [-0.4, -0.2) is 18.5 Å². The summed E-state index contributed by atoms with van der Waals surface area (Å²) in [4.78, 5) is 1.14. The third-order valence-electron chi connectivity index (χ3n) is 2.74. The summed E-state index contributed by atoms with van der Waals surface area (Å²) in [5.41, 5.74) is 1.44. The zero-order valence-corrected chi connectivity index (χ0v) is 13.3. The van der Waals surface area contributed by atoms with Gasteiger partial charge in [-0.25, -0.2) is 4.39 Å². The number of methoxy groups -OCH3 is 1. The molecule has 2 aromatic rings. The standard InChI is InChI=1S/C15H15FN2OS2/c1-19-14-7-6-11(9-13(14)16)18-15(20)17-10-4-3-5-12(8-10)21-2/h3-9H,1-2H3,(H2,17,18,20). The Labute approximate surface area is 132 Å². The van der Waals surface area contributed by atoms with Crippen molar-refractivity contribution in [1.82, 2.24) is 0 Å². The van der Waals surface area contributed by atoms with Crippen molar-refractivity contribution in [3.63, 3.8) is 0 Å². The minimum absolute atomic E-state index is 0.201. The number of ether oxygens (including phenoxy) is 1. The van der Waals surface area contributed by atoms with E-state index >= 15 is 0 Å². The van der Waals surface area contributed by atoms with E-state index in [1.807, 2.05) is 30.5 Å². The normalized spacial score (nSPS) is 10.0. The van der Waals surface area contributed by atoms with Crippen LogP contribution >= 0.6 is 24.0 Å². The van der Waals surface area contributed by atoms with Gasteiger partial charge < -0.3 is 15.4 Å². The van der Waals surface area contributed by atoms with E-state index in [9.17, 15) is 4.39 Å². The fourth-order valence-corrected chi connectivity index (χ4v) is 2.43. The maximum atomic E-state index is 13.6. The molecule has 0 aliphatic heterocycles. The van der Waals surface area contributed by atoms with Crippen LogP contribution in [0, 0.1) is 5.82 Å². The summed E-state index contributed by atoms with van der Waals surface area (Å²) >= 11 is 6.87. The summed E-state index contributed by atoms with van der Waals surface area (Å²) in [6, 6.07) is 12.5. The minimum Gasteiger partial charge on any atom is -0.494 e. The fourth-order valence-electron chi connectivity index (χ4n) is 1.74. The second kappa shape index (κ2) is 7.28. The Hall–Kier alpha value is -1.79. The molecule has 0 saturated heterocycles. The van der Waals surface area contributed by atoms with E-state index in [1.54, 1.807) is 23.9 Å². The third-order valence-corrected chi connectivity index (χ3v) is 3.67. The average Bonchev–Trinajstić information content (AvgIpc) is 2.47. The van der Waals surface area contributed by atoms with Crippen molar-refractivity contribution in [1.29, 1.82) is 0 Å². The molecule has 0 spiro atoms. The van der Waals surface area contributed by atoms with Gasteiger partial charge in [0.25, 0.3) is 0 Å². The Morgan fingerprint density at radius 1 is 1.14 bits per heavy atom. The molecular weight excluding hydrogens is 307 g/mol. The molecular formula is C15H15FN2OS2. The molecule has 0 fully saturated rings. The van der Waals surface area contributed by atoms with Crippen molar-refractivity contribution in [3.8, 4) is 5.75 Å². The Morgan fingerprint density at radius 3 is 2.48 bits per heavy atom. The SMILES string of the molecule is COc1ccc(NC(=S)Nc2cccc(SC)c2)cc1F. The predicted molar refractivity (Wildman–Crippen MR) is 91.0 cm³/mol. The van der Waals surface area contributed by atoms with E-state index in [2.05, 4.69) is 10.6 Å². The van der Waals surface area contributed by atoms with E-state index in [0.29, 0.717) is 10.8 Å². The molecule has 21 heavy (non-hydrogen) atoms. The Balaban J connectivity index is 2.02. The van der Waals surface area contributed by atoms with E-state index in [-0.39, 0.29) is 5.75 Å². The van der Waals surface area contributed by atoms with Crippen LogP contribution in [0.5, 0.6) is 5.75 Å². The number of hydrogen-bond donors (Lipinski definition) is 2. The molecule has 3 nitrogen and oxygen atoms in total. The number of hydrogen-bond acceptors (Lipinski definition) is 3. The van der Waals surface area contributed by atoms with Gasteiger partial charge in [-0.2, -0.15) is 0 Å². The van der Waals surface area contributed by atoms with Crippen LogP contribution in [0.2, 0.25) is 0 Å². The number of nitrogens with one attached hydrogen (secondary N) is 2. The van der Waals surface area contributed by atoms with Crippen molar-refractivity contribution in [2.24, 2.45) is 0 Å². The molecule has 0 radical (unpaired) electrons. The summed E-state index contributed by atoms with van der Waals surface area (Å²) in [6.45, 7) is 0. The minimum atomic E-state index is -0.435. The smallest absolute Gasteiger partial charge is 0.175 e. The van der Waals surface area contributed by atoms with Gasteiger partial charge in [0.15, 0.2) is 16.7 Å². The first-order valence-electron chi connectivity index (χ1n) is 6.18. The highest BCUT2D eigenvalue weighted by molar-refractivity contribution is 7.98. The number of halogens is 1. The molecule has 0 amide bonds. The molecule has 0 aliphatic rings. The first kappa shape index (κ1) is 15.6. The molecule has 0 saturated carbocycles. The molecule has 0 aliphatic carbocycles. The number of thioether (sulfide) groups is 1. The Morgan fingerprint density at radius 2 is 1.86 bits per heavy atom. The van der Waals surface area contributed by atoms with E-state index < -0.39 is 5.82 Å². The molecule has 2 N–H and O–H groups in total. The van der Waals surface area contributed by atoms with Crippen LogP contribution in [0.3, 0.4) is 0 Å². The highest BCUT2D eigenvalue weighted by Gasteiger charge is 2.05. The van der Waals surface area contributed by atoms with Crippen LogP contribution in [0.25, 0.3) is 0 Å². The van der Waals surface area contributed by atoms with Gasteiger partial charge in [-0.05, 0) is 48.8 Å². The van der Waals surface area contributed by atoms with Crippen LogP contribution in [0.1, 0.15) is 0 Å². The molecule has 110 valence electrons. The van der Waals surface area contributed by atoms with E-state index in [4.69, 9.17) is 17.0 Å². The van der Waals surface area contributed by atoms with E-state index in [0.717, 1.165) is 10.6 Å². The van der Waals surface area contributed by atoms with Crippen molar-refractivity contribution < 1.29 is 9.13 Å². The first-order valence-corrected chi connectivity index (χ1v) is 7.81. The maximum absolute atomic E-state index is 13.6. The summed E-state index contributed by atoms with van der Waals surface area (Å²) in [5.74, 6) is -0.234. The van der Waals surface area contributed by atoms with Gasteiger partial charge in [0.2, 0.25) is 0 Å². The molecule has 0 heterocycles. The van der Waals surface area contributed by atoms with Crippen LogP contribution < -0.4 is 15.4 Å². The average molecular weight is 322 g/mol. The molecule has 2 aromatic carbocycles. The highest BCUT2D eigenvalue weighted by atomic mass is 32.2. The van der Waals surface area contributed by atoms with Gasteiger partial charge in [-0.3, -0.25) is 0 Å². The lowest BCUT2D eigenvalue weighted by Gasteiger charge is -2.12. The topological polar surface area (TPSA) is 33.3 Å². The predicted octanol–water partition coefficient (Wildman–Crippen LogP) is 4.37. The van der Waals surface area contributed by atoms with Crippen LogP contribution in [0.4, 0.5) is 15.8 Å². The molecule has 0 atom stereocenters. The lowest BCUT2D eigenvalue weighted by Crippen LogP contribution is -2.19. The molecule has 0 aromatic heterocycles. The summed E-state index contributed by atoms with van der Waals surface area (Å²) in [5, 5.41) is 6.41. The highest BCUT2D eigenvalue weighted by Crippen LogP contribution is 2.22. The zero-order valence-electron chi connectivity index (χ0n) is 11.6. The van der Waals surface area contributed by atoms with Crippen LogP contribution in [-0.2, 0) is 0 Å². The monoisotopic (exact) mass is 322 g/mol. The number of anilines is 2. The van der Waals surface area contributed by atoms with Gasteiger partial charge >= 0.3 is 0 Å². The molecule has 6 heteroatoms. The number of thiocarbonyl (C=S) groups is 1. The van der Waals surface area contributed by atoms with E-state index in [1.165, 1.54) is 13.2 Å². The van der Waals surface area contributed by atoms with Crippen molar-refractivity contribution in [3.05, 3.63) is 48.3 Å². The second-order valence-electron chi connectivity index (χ2n) is 4.16. The first-order chi connectivity index (χ1) is 10.1. The zero-order chi connectivity index (χ0) is 15.2. The van der Waals surface area contributed by atoms with Gasteiger partial charge in [-0.15, -0.1) is 11.8 Å². The van der Waals surface area contributed by atoms with Gasteiger partial charge in [-0.1, -0.05) is 6.07 Å². The Kier molecular flexibility index (Phi) is 5.41. The largest absolute Gasteiger partial charge is 0.494 e. The molecule has 2 rings (SSSR count). The molecule has 0 unspecified atom stereocenters. The van der Waals surface area contributed by atoms with Crippen LogP contribution in [0.15, 0.2) is 47.4 Å². The quantitative estimate of drug-likeness (QED) is 0.645. The summed E-state index contributed by atoms with van der Waals surface area (Å²) in [6.07, 6.45) is 2.01. The fraction of sp³-hybridized carbons (Fsp3) is 0.133. The Bertz CT molecular complexity index is 649. The van der Waals surface area contributed by atoms with Gasteiger partial charge in [0.1, 0.15) is 0 Å². The van der Waals surface area contributed by atoms with Crippen molar-refractivity contribution in [2.75, 3.05) is 24.0 Å². The summed E-state index contributed by atoms with van der Waals surface area (Å²) in [7, 11) is 1.43. The van der Waals surface area contributed by atoms with Gasteiger partial charge in [0.05, 0.1) is 7.11 Å². The molecule has 0 bridgehead atoms. The maximum Gasteiger partial charge on any atom is 0.175 e. The summed E-state index contributed by atoms with van der Waals surface area (Å²) < 4.78 is 18.5. The second-order valence-corrected chi connectivity index (χ2v) is 5.45. The lowest BCUT2D eigenvalue weighted by molar-refractivity contribution is 0.387. The lowest BCUT2D eigenvalue weighted by atomic mass is 10.3. The number of rotatable bonds is 4. The number of benzene rings is 2.